The summed E-state index contributed by atoms with van der Waals surface area (Å²) in [7, 11) is 0. The van der Waals surface area contributed by atoms with E-state index in [-0.39, 0.29) is 11.9 Å². The van der Waals surface area contributed by atoms with Crippen LogP contribution in [0.2, 0.25) is 0 Å². The van der Waals surface area contributed by atoms with E-state index in [9.17, 15) is 4.39 Å². The molecular weight excluding hydrogens is 307 g/mol. The number of hydrogen-bond acceptors (Lipinski definition) is 2. The van der Waals surface area contributed by atoms with Gasteiger partial charge >= 0.3 is 0 Å². The molecule has 2 nitrogen and oxygen atoms in total. The number of hydrazine groups is 1. The maximum absolute atomic E-state index is 13.7. The minimum absolute atomic E-state index is 0.220. The Morgan fingerprint density at radius 3 is 2.58 bits per heavy atom. The maximum atomic E-state index is 13.7. The van der Waals surface area contributed by atoms with Crippen molar-refractivity contribution in [2.75, 3.05) is 0 Å². The molecule has 2 rings (SSSR count). The van der Waals surface area contributed by atoms with Crippen LogP contribution in [0.25, 0.3) is 0 Å². The van der Waals surface area contributed by atoms with E-state index in [0.29, 0.717) is 4.47 Å². The molecule has 0 saturated carbocycles. The summed E-state index contributed by atoms with van der Waals surface area (Å²) < 4.78 is 14.1. The van der Waals surface area contributed by atoms with Gasteiger partial charge in [0.15, 0.2) is 0 Å². The molecule has 0 heterocycles. The van der Waals surface area contributed by atoms with E-state index in [4.69, 9.17) is 5.84 Å². The summed E-state index contributed by atoms with van der Waals surface area (Å²) in [6.07, 6.45) is 0. The summed E-state index contributed by atoms with van der Waals surface area (Å²) in [5.74, 6) is 5.37. The summed E-state index contributed by atoms with van der Waals surface area (Å²) in [5.41, 5.74) is 6.98. The third-order valence-electron chi connectivity index (χ3n) is 3.40. The van der Waals surface area contributed by atoms with Crippen LogP contribution in [0.5, 0.6) is 0 Å². The fourth-order valence-corrected chi connectivity index (χ4v) is 2.39. The molecule has 0 fully saturated rings. The molecule has 100 valence electrons. The highest BCUT2D eigenvalue weighted by Gasteiger charge is 2.16. The molecule has 4 heteroatoms. The maximum Gasteiger partial charge on any atom is 0.137 e. The molecular formula is C15H16BrFN2. The largest absolute Gasteiger partial charge is 0.271 e. The first-order chi connectivity index (χ1) is 9.04. The van der Waals surface area contributed by atoms with Gasteiger partial charge in [-0.3, -0.25) is 5.84 Å². The molecule has 19 heavy (non-hydrogen) atoms. The number of rotatable bonds is 3. The van der Waals surface area contributed by atoms with Gasteiger partial charge in [-0.15, -0.1) is 0 Å². The molecule has 0 spiro atoms. The zero-order valence-electron chi connectivity index (χ0n) is 10.9. The van der Waals surface area contributed by atoms with Gasteiger partial charge in [0.05, 0.1) is 10.5 Å². The molecule has 3 N–H and O–H groups in total. The van der Waals surface area contributed by atoms with Gasteiger partial charge in [0, 0.05) is 0 Å². The van der Waals surface area contributed by atoms with E-state index in [1.165, 1.54) is 11.6 Å². The Morgan fingerprint density at radius 2 is 1.95 bits per heavy atom. The first-order valence-corrected chi connectivity index (χ1v) is 6.81. The highest BCUT2D eigenvalue weighted by Crippen LogP contribution is 2.28. The van der Waals surface area contributed by atoms with Crippen molar-refractivity contribution in [1.29, 1.82) is 0 Å². The Labute approximate surface area is 120 Å². The number of nitrogens with two attached hydrogens (primary N) is 1. The minimum Gasteiger partial charge on any atom is -0.271 e. The van der Waals surface area contributed by atoms with Crippen LogP contribution in [-0.4, -0.2) is 0 Å². The Morgan fingerprint density at radius 1 is 1.21 bits per heavy atom. The summed E-state index contributed by atoms with van der Waals surface area (Å²) in [4.78, 5) is 0. The van der Waals surface area contributed by atoms with Crippen LogP contribution in [0.3, 0.4) is 0 Å². The molecule has 0 aromatic heterocycles. The van der Waals surface area contributed by atoms with Crippen LogP contribution < -0.4 is 11.3 Å². The smallest absolute Gasteiger partial charge is 0.137 e. The molecule has 0 amide bonds. The van der Waals surface area contributed by atoms with Crippen molar-refractivity contribution in [3.8, 4) is 0 Å². The van der Waals surface area contributed by atoms with Gasteiger partial charge in [-0.1, -0.05) is 24.3 Å². The molecule has 0 aliphatic heterocycles. The number of halogens is 2. The molecule has 0 aliphatic carbocycles. The van der Waals surface area contributed by atoms with Crippen molar-refractivity contribution < 1.29 is 4.39 Å². The van der Waals surface area contributed by atoms with Crippen molar-refractivity contribution in [2.45, 2.75) is 19.9 Å². The van der Waals surface area contributed by atoms with E-state index in [1.807, 2.05) is 25.1 Å². The summed E-state index contributed by atoms with van der Waals surface area (Å²) in [5, 5.41) is 0. The fourth-order valence-electron chi connectivity index (χ4n) is 2.14. The molecule has 2 aromatic rings. The number of benzene rings is 2. The third kappa shape index (κ3) is 2.86. The quantitative estimate of drug-likeness (QED) is 0.667. The Kier molecular flexibility index (Phi) is 4.34. The minimum atomic E-state index is -0.289. The predicted octanol–water partition coefficient (Wildman–Crippen LogP) is 3.76. The van der Waals surface area contributed by atoms with Crippen molar-refractivity contribution in [3.63, 3.8) is 0 Å². The van der Waals surface area contributed by atoms with Gasteiger partial charge in [0.1, 0.15) is 5.82 Å². The van der Waals surface area contributed by atoms with Crippen molar-refractivity contribution >= 4 is 15.9 Å². The summed E-state index contributed by atoms with van der Waals surface area (Å²) in [6.45, 7) is 4.10. The van der Waals surface area contributed by atoms with Gasteiger partial charge in [-0.25, -0.2) is 9.82 Å². The Bertz CT molecular complexity index is 599. The van der Waals surface area contributed by atoms with Crippen LogP contribution in [0, 0.1) is 19.7 Å². The van der Waals surface area contributed by atoms with Crippen LogP contribution in [-0.2, 0) is 0 Å². The van der Waals surface area contributed by atoms with E-state index in [1.54, 1.807) is 6.07 Å². The first kappa shape index (κ1) is 14.2. The van der Waals surface area contributed by atoms with E-state index < -0.39 is 0 Å². The average Bonchev–Trinajstić information content (AvgIpc) is 2.39. The highest BCUT2D eigenvalue weighted by atomic mass is 79.9. The zero-order valence-corrected chi connectivity index (χ0v) is 12.5. The predicted molar refractivity (Wildman–Crippen MR) is 79.2 cm³/mol. The lowest BCUT2D eigenvalue weighted by molar-refractivity contribution is 0.599. The Hall–Kier alpha value is -1.23. The number of nitrogens with one attached hydrogen (secondary N) is 1. The second-order valence-corrected chi connectivity index (χ2v) is 5.42. The fraction of sp³-hybridized carbons (Fsp3) is 0.200. The van der Waals surface area contributed by atoms with Crippen molar-refractivity contribution in [3.05, 3.63) is 68.9 Å². The average molecular weight is 323 g/mol. The number of aryl methyl sites for hydroxylation is 1. The summed E-state index contributed by atoms with van der Waals surface area (Å²) in [6, 6.07) is 10.9. The molecule has 2 aromatic carbocycles. The monoisotopic (exact) mass is 322 g/mol. The standard InChI is InChI=1S/C15H16BrFN2/c1-9-4-3-5-12(10(9)2)15(19-18)11-6-7-13(16)14(17)8-11/h3-8,15,19H,18H2,1-2H3. The van der Waals surface area contributed by atoms with Crippen LogP contribution >= 0.6 is 15.9 Å². The number of hydrogen-bond donors (Lipinski definition) is 2. The lowest BCUT2D eigenvalue weighted by atomic mass is 9.93. The van der Waals surface area contributed by atoms with Crippen molar-refractivity contribution in [2.24, 2.45) is 5.84 Å². The second kappa shape index (κ2) is 5.82. The Balaban J connectivity index is 2.50. The molecule has 1 unspecified atom stereocenters. The van der Waals surface area contributed by atoms with E-state index in [0.717, 1.165) is 16.7 Å². The third-order valence-corrected chi connectivity index (χ3v) is 4.04. The lowest BCUT2D eigenvalue weighted by Gasteiger charge is -2.20. The molecule has 1 atom stereocenters. The van der Waals surface area contributed by atoms with Crippen LogP contribution in [0.15, 0.2) is 40.9 Å². The first-order valence-electron chi connectivity index (χ1n) is 6.01. The van der Waals surface area contributed by atoms with Crippen molar-refractivity contribution in [1.82, 2.24) is 5.43 Å². The van der Waals surface area contributed by atoms with E-state index in [2.05, 4.69) is 34.3 Å². The highest BCUT2D eigenvalue weighted by molar-refractivity contribution is 9.10. The van der Waals surface area contributed by atoms with Gasteiger partial charge in [0.2, 0.25) is 0 Å². The molecule has 0 saturated heterocycles. The van der Waals surface area contributed by atoms with Gasteiger partial charge in [-0.2, -0.15) is 0 Å². The SMILES string of the molecule is Cc1cccc(C(NN)c2ccc(Br)c(F)c2)c1C. The van der Waals surface area contributed by atoms with Gasteiger partial charge in [-0.05, 0) is 64.2 Å². The van der Waals surface area contributed by atoms with Crippen LogP contribution in [0.1, 0.15) is 28.3 Å². The van der Waals surface area contributed by atoms with Gasteiger partial charge in [0.25, 0.3) is 0 Å². The molecule has 0 radical (unpaired) electrons. The van der Waals surface area contributed by atoms with Gasteiger partial charge < -0.3 is 0 Å². The normalized spacial score (nSPS) is 12.5. The lowest BCUT2D eigenvalue weighted by Crippen LogP contribution is -2.29. The summed E-state index contributed by atoms with van der Waals surface area (Å²) >= 11 is 3.16. The molecule has 0 aliphatic rings. The van der Waals surface area contributed by atoms with E-state index >= 15 is 0 Å². The molecule has 0 bridgehead atoms. The topological polar surface area (TPSA) is 38.0 Å². The van der Waals surface area contributed by atoms with Crippen LogP contribution in [0.4, 0.5) is 4.39 Å². The second-order valence-electron chi connectivity index (χ2n) is 4.56. The zero-order chi connectivity index (χ0) is 14.0.